The summed E-state index contributed by atoms with van der Waals surface area (Å²) < 4.78 is 0. The van der Waals surface area contributed by atoms with Gasteiger partial charge in [0.05, 0.1) is 6.04 Å². The van der Waals surface area contributed by atoms with Gasteiger partial charge in [-0.1, -0.05) is 23.6 Å². The summed E-state index contributed by atoms with van der Waals surface area (Å²) in [4.78, 5) is 17.7. The van der Waals surface area contributed by atoms with Gasteiger partial charge >= 0.3 is 6.03 Å². The first-order valence-electron chi connectivity index (χ1n) is 6.43. The highest BCUT2D eigenvalue weighted by Crippen LogP contribution is 2.46. The van der Waals surface area contributed by atoms with Gasteiger partial charge in [0, 0.05) is 5.02 Å². The van der Waals surface area contributed by atoms with Crippen LogP contribution in [-0.2, 0) is 12.0 Å². The molecule has 0 saturated heterocycles. The van der Waals surface area contributed by atoms with Crippen LogP contribution in [0.15, 0.2) is 23.2 Å². The maximum absolute atomic E-state index is 12.2. The topological polar surface area (TPSA) is 58.7 Å². The number of hydrogen-bond donors (Lipinski definition) is 1. The van der Waals surface area contributed by atoms with Gasteiger partial charge < -0.3 is 5.73 Å². The molecule has 20 heavy (non-hydrogen) atoms. The second-order valence-corrected chi connectivity index (χ2v) is 5.59. The second kappa shape index (κ2) is 4.26. The van der Waals surface area contributed by atoms with E-state index in [9.17, 15) is 4.79 Å². The molecule has 2 N–H and O–H groups in total. The van der Waals surface area contributed by atoms with E-state index in [1.807, 2.05) is 25.1 Å². The average Bonchev–Trinajstić information content (AvgIpc) is 2.89. The molecule has 2 amide bonds. The van der Waals surface area contributed by atoms with E-state index < -0.39 is 5.54 Å². The second-order valence-electron chi connectivity index (χ2n) is 5.15. The minimum atomic E-state index is -0.706. The van der Waals surface area contributed by atoms with Crippen molar-refractivity contribution in [2.24, 2.45) is 10.7 Å². The van der Waals surface area contributed by atoms with Crippen LogP contribution in [0.5, 0.6) is 0 Å². The molecule has 0 saturated carbocycles. The molecule has 1 spiro atoms. The van der Waals surface area contributed by atoms with Gasteiger partial charge in [0.1, 0.15) is 11.4 Å². The summed E-state index contributed by atoms with van der Waals surface area (Å²) in [5.74, 6) is 2.93. The Hall–Kier alpha value is -1.99. The van der Waals surface area contributed by atoms with Crippen LogP contribution in [0.3, 0.4) is 0 Å². The zero-order chi connectivity index (χ0) is 14.5. The summed E-state index contributed by atoms with van der Waals surface area (Å²) in [6.07, 6.45) is 6.99. The molecule has 1 aliphatic heterocycles. The van der Waals surface area contributed by atoms with Crippen LogP contribution < -0.4 is 5.73 Å². The Balaban J connectivity index is 2.20. The normalized spacial score (nSPS) is 25.6. The first kappa shape index (κ1) is 13.0. The van der Waals surface area contributed by atoms with E-state index in [0.717, 1.165) is 17.5 Å². The number of urea groups is 1. The van der Waals surface area contributed by atoms with Crippen LogP contribution in [0, 0.1) is 12.3 Å². The van der Waals surface area contributed by atoms with E-state index in [1.165, 1.54) is 0 Å². The van der Waals surface area contributed by atoms with Crippen molar-refractivity contribution >= 4 is 23.5 Å². The molecule has 1 aromatic carbocycles. The number of fused-ring (bicyclic) bond motifs is 2. The number of halogens is 1. The third-order valence-electron chi connectivity index (χ3n) is 4.15. The monoisotopic (exact) mass is 287 g/mol. The summed E-state index contributed by atoms with van der Waals surface area (Å²) >= 11 is 6.04. The first-order chi connectivity index (χ1) is 9.50. The van der Waals surface area contributed by atoms with Crippen LogP contribution >= 0.6 is 11.6 Å². The van der Waals surface area contributed by atoms with Gasteiger partial charge in [-0.05, 0) is 43.0 Å². The zero-order valence-electron chi connectivity index (χ0n) is 11.1. The molecule has 0 radical (unpaired) electrons. The third-order valence-corrected chi connectivity index (χ3v) is 4.39. The molecule has 1 heterocycles. The summed E-state index contributed by atoms with van der Waals surface area (Å²) in [5, 5.41) is 0.678. The highest BCUT2D eigenvalue weighted by atomic mass is 35.5. The van der Waals surface area contributed by atoms with Crippen molar-refractivity contribution in [3.8, 4) is 12.3 Å². The Morgan fingerprint density at radius 1 is 1.60 bits per heavy atom. The van der Waals surface area contributed by atoms with E-state index in [-0.39, 0.29) is 12.1 Å². The van der Waals surface area contributed by atoms with E-state index in [1.54, 1.807) is 4.90 Å². The van der Waals surface area contributed by atoms with E-state index in [2.05, 4.69) is 10.9 Å². The van der Waals surface area contributed by atoms with E-state index >= 15 is 0 Å². The molecule has 4 nitrogen and oxygen atoms in total. The number of aliphatic imine (C=N–C) groups is 1. The summed E-state index contributed by atoms with van der Waals surface area (Å²) in [7, 11) is 0. The minimum absolute atomic E-state index is 0.325. The standard InChI is InChI=1S/C15H14ClN3O/c1-3-9(2)19-14(20)18-13(17)15(19)7-6-10-8-11(16)4-5-12(10)15/h1,4-5,8-9H,6-7H2,2H3,(H2,17,18,20). The average molecular weight is 288 g/mol. The van der Waals surface area contributed by atoms with Crippen molar-refractivity contribution < 1.29 is 4.79 Å². The smallest absolute Gasteiger partial charge is 0.347 e. The third kappa shape index (κ3) is 1.50. The molecule has 1 aromatic rings. The number of hydrogen-bond acceptors (Lipinski definition) is 2. The van der Waals surface area contributed by atoms with Gasteiger partial charge in [-0.3, -0.25) is 4.90 Å². The predicted molar refractivity (Wildman–Crippen MR) is 78.6 cm³/mol. The number of carbonyl (C=O) groups excluding carboxylic acids is 1. The van der Waals surface area contributed by atoms with Gasteiger partial charge in [0.2, 0.25) is 0 Å². The number of amidine groups is 1. The molecule has 2 unspecified atom stereocenters. The van der Waals surface area contributed by atoms with Crippen LogP contribution in [0.2, 0.25) is 5.02 Å². The van der Waals surface area contributed by atoms with Gasteiger partial charge in [0.25, 0.3) is 0 Å². The Morgan fingerprint density at radius 3 is 3.05 bits per heavy atom. The Kier molecular flexibility index (Phi) is 2.77. The lowest BCUT2D eigenvalue weighted by atomic mass is 9.88. The zero-order valence-corrected chi connectivity index (χ0v) is 11.8. The van der Waals surface area contributed by atoms with Crippen molar-refractivity contribution in [1.29, 1.82) is 0 Å². The number of nitrogens with zero attached hydrogens (tertiary/aromatic N) is 2. The molecule has 3 rings (SSSR count). The predicted octanol–water partition coefficient (Wildman–Crippen LogP) is 2.30. The highest BCUT2D eigenvalue weighted by molar-refractivity contribution is 6.30. The fourth-order valence-corrected chi connectivity index (χ4v) is 3.44. The number of benzene rings is 1. The summed E-state index contributed by atoms with van der Waals surface area (Å²) in [6, 6.07) is 4.91. The maximum Gasteiger partial charge on any atom is 0.347 e. The number of nitrogens with two attached hydrogens (primary N) is 1. The largest absolute Gasteiger partial charge is 0.385 e. The van der Waals surface area contributed by atoms with E-state index in [4.69, 9.17) is 23.8 Å². The van der Waals surface area contributed by atoms with Crippen molar-refractivity contribution in [3.05, 3.63) is 34.3 Å². The Morgan fingerprint density at radius 2 is 2.35 bits per heavy atom. The Bertz CT molecular complexity index is 676. The lowest BCUT2D eigenvalue weighted by Gasteiger charge is -2.37. The van der Waals surface area contributed by atoms with Gasteiger partial charge in [-0.2, -0.15) is 4.99 Å². The maximum atomic E-state index is 12.2. The fraction of sp³-hybridized carbons (Fsp3) is 0.333. The number of amides is 2. The van der Waals surface area contributed by atoms with Crippen LogP contribution in [0.1, 0.15) is 24.5 Å². The molecular formula is C15H14ClN3O. The molecule has 2 aliphatic rings. The van der Waals surface area contributed by atoms with E-state index in [0.29, 0.717) is 17.3 Å². The van der Waals surface area contributed by atoms with Gasteiger partial charge in [-0.15, -0.1) is 6.42 Å². The first-order valence-corrected chi connectivity index (χ1v) is 6.81. The molecule has 0 bridgehead atoms. The molecule has 0 fully saturated rings. The molecule has 5 heteroatoms. The lowest BCUT2D eigenvalue weighted by Crippen LogP contribution is -2.53. The minimum Gasteiger partial charge on any atom is -0.385 e. The molecular weight excluding hydrogens is 274 g/mol. The van der Waals surface area contributed by atoms with Gasteiger partial charge in [0.15, 0.2) is 0 Å². The highest BCUT2D eigenvalue weighted by Gasteiger charge is 2.54. The molecule has 0 aromatic heterocycles. The Labute approximate surface area is 122 Å². The number of rotatable bonds is 1. The van der Waals surface area contributed by atoms with Crippen molar-refractivity contribution in [1.82, 2.24) is 4.90 Å². The van der Waals surface area contributed by atoms with Crippen molar-refractivity contribution in [2.75, 3.05) is 0 Å². The van der Waals surface area contributed by atoms with Crippen molar-refractivity contribution in [3.63, 3.8) is 0 Å². The quantitative estimate of drug-likeness (QED) is 0.806. The van der Waals surface area contributed by atoms with Crippen LogP contribution in [0.25, 0.3) is 0 Å². The number of aryl methyl sites for hydroxylation is 1. The molecule has 2 atom stereocenters. The number of terminal acetylenes is 1. The number of carbonyl (C=O) groups is 1. The lowest BCUT2D eigenvalue weighted by molar-refractivity contribution is 0.158. The van der Waals surface area contributed by atoms with Crippen LogP contribution in [-0.4, -0.2) is 22.8 Å². The molecule has 102 valence electrons. The summed E-state index contributed by atoms with van der Waals surface area (Å²) in [6.45, 7) is 1.81. The summed E-state index contributed by atoms with van der Waals surface area (Å²) in [5.41, 5.74) is 7.46. The SMILES string of the molecule is C#CC(C)N1C(=O)N=C(N)C12CCc1cc(Cl)ccc12. The molecule has 1 aliphatic carbocycles. The fourth-order valence-electron chi connectivity index (χ4n) is 3.25. The van der Waals surface area contributed by atoms with Crippen LogP contribution in [0.4, 0.5) is 4.79 Å². The van der Waals surface area contributed by atoms with Crippen molar-refractivity contribution in [2.45, 2.75) is 31.3 Å². The van der Waals surface area contributed by atoms with Gasteiger partial charge in [-0.25, -0.2) is 4.79 Å².